The van der Waals surface area contributed by atoms with Gasteiger partial charge in [0.1, 0.15) is 6.29 Å². The van der Waals surface area contributed by atoms with E-state index in [9.17, 15) is 9.59 Å². The molecule has 0 aliphatic heterocycles. The lowest BCUT2D eigenvalue weighted by molar-refractivity contribution is -0.126. The third-order valence-corrected chi connectivity index (χ3v) is 2.91. The second-order valence-electron chi connectivity index (χ2n) is 4.68. The maximum Gasteiger partial charge on any atom is 0.246 e. The van der Waals surface area contributed by atoms with Crippen LogP contribution >= 0.6 is 0 Å². The minimum absolute atomic E-state index is 0.0154. The van der Waals surface area contributed by atoms with Crippen LogP contribution < -0.4 is 5.32 Å². The Balaban J connectivity index is 4.31. The Labute approximate surface area is 121 Å². The highest BCUT2D eigenvalue weighted by atomic mass is 16.2. The van der Waals surface area contributed by atoms with Gasteiger partial charge in [0.25, 0.3) is 0 Å². The lowest BCUT2D eigenvalue weighted by Crippen LogP contribution is -2.42. The molecule has 0 rings (SSSR count). The summed E-state index contributed by atoms with van der Waals surface area (Å²) in [6.07, 6.45) is 4.82. The van der Waals surface area contributed by atoms with Crippen LogP contribution in [0.3, 0.4) is 0 Å². The van der Waals surface area contributed by atoms with E-state index in [0.717, 1.165) is 18.8 Å². The molecule has 0 aromatic rings. The maximum atomic E-state index is 11.7. The van der Waals surface area contributed by atoms with Crippen molar-refractivity contribution in [3.05, 3.63) is 37.2 Å². The van der Waals surface area contributed by atoms with Gasteiger partial charge in [0.05, 0.1) is 0 Å². The number of rotatable bonds is 10. The van der Waals surface area contributed by atoms with Crippen LogP contribution in [0.2, 0.25) is 0 Å². The fourth-order valence-electron chi connectivity index (χ4n) is 1.59. The van der Waals surface area contributed by atoms with Crippen molar-refractivity contribution in [2.24, 2.45) is 0 Å². The van der Waals surface area contributed by atoms with Gasteiger partial charge in [-0.3, -0.25) is 9.59 Å². The van der Waals surface area contributed by atoms with Gasteiger partial charge in [-0.05, 0) is 26.1 Å². The molecule has 5 heteroatoms. The number of carbonyl (C=O) groups excluding carboxylic acids is 2. The van der Waals surface area contributed by atoms with Gasteiger partial charge in [-0.1, -0.05) is 13.2 Å². The molecule has 1 N–H and O–H groups in total. The molecular formula is C15H25N3O2. The number of likely N-dealkylation sites (N-methyl/N-ethyl adjacent to an activating group) is 1. The molecule has 0 spiro atoms. The summed E-state index contributed by atoms with van der Waals surface area (Å²) in [7, 11) is 1.72. The van der Waals surface area contributed by atoms with Crippen LogP contribution in [0.15, 0.2) is 37.2 Å². The first-order chi connectivity index (χ1) is 9.42. The Bertz CT molecular complexity index is 377. The average Bonchev–Trinajstić information content (AvgIpc) is 2.42. The van der Waals surface area contributed by atoms with Gasteiger partial charge in [0.15, 0.2) is 0 Å². The predicted molar refractivity (Wildman–Crippen MR) is 82.0 cm³/mol. The highest BCUT2D eigenvalue weighted by Crippen LogP contribution is 2.01. The fourth-order valence-corrected chi connectivity index (χ4v) is 1.59. The molecule has 0 aliphatic rings. The molecule has 0 aromatic carbocycles. The first-order valence-corrected chi connectivity index (χ1v) is 6.57. The summed E-state index contributed by atoms with van der Waals surface area (Å²) in [4.78, 5) is 25.6. The van der Waals surface area contributed by atoms with Crippen LogP contribution in [-0.4, -0.2) is 54.7 Å². The maximum absolute atomic E-state index is 11.7. The SMILES string of the molecule is C=CN(CCNC(=C)C)CC(C)N(C)C(=O)/C=C\C=O. The Hall–Kier alpha value is -2.04. The lowest BCUT2D eigenvalue weighted by Gasteiger charge is -2.30. The summed E-state index contributed by atoms with van der Waals surface area (Å²) in [6, 6.07) is 0.0154. The topological polar surface area (TPSA) is 52.6 Å². The number of hydrogen-bond acceptors (Lipinski definition) is 4. The van der Waals surface area contributed by atoms with E-state index in [1.807, 2.05) is 18.7 Å². The molecular weight excluding hydrogens is 254 g/mol. The summed E-state index contributed by atoms with van der Waals surface area (Å²) >= 11 is 0. The Morgan fingerprint density at radius 3 is 2.60 bits per heavy atom. The zero-order chi connectivity index (χ0) is 15.5. The highest BCUT2D eigenvalue weighted by molar-refractivity contribution is 5.90. The van der Waals surface area contributed by atoms with Crippen molar-refractivity contribution >= 4 is 12.2 Å². The van der Waals surface area contributed by atoms with Gasteiger partial charge in [-0.2, -0.15) is 0 Å². The molecule has 0 saturated carbocycles. The van der Waals surface area contributed by atoms with E-state index in [-0.39, 0.29) is 11.9 Å². The van der Waals surface area contributed by atoms with Crippen molar-refractivity contribution in [3.63, 3.8) is 0 Å². The van der Waals surface area contributed by atoms with Crippen LogP contribution in [0, 0.1) is 0 Å². The number of nitrogens with one attached hydrogen (secondary N) is 1. The second kappa shape index (κ2) is 9.83. The highest BCUT2D eigenvalue weighted by Gasteiger charge is 2.15. The largest absolute Gasteiger partial charge is 0.387 e. The van der Waals surface area contributed by atoms with Gasteiger partial charge in [0, 0.05) is 44.5 Å². The normalized spacial score (nSPS) is 11.8. The molecule has 0 heterocycles. The summed E-state index contributed by atoms with van der Waals surface area (Å²) < 4.78 is 0. The van der Waals surface area contributed by atoms with Gasteiger partial charge in [-0.15, -0.1) is 0 Å². The molecule has 0 radical (unpaired) electrons. The Morgan fingerprint density at radius 2 is 2.10 bits per heavy atom. The summed E-state index contributed by atoms with van der Waals surface area (Å²) in [6.45, 7) is 13.7. The molecule has 1 unspecified atom stereocenters. The van der Waals surface area contributed by atoms with Crippen LogP contribution in [0.25, 0.3) is 0 Å². The zero-order valence-corrected chi connectivity index (χ0v) is 12.6. The molecule has 1 amide bonds. The molecule has 0 aliphatic carbocycles. The van der Waals surface area contributed by atoms with Crippen LogP contribution in [-0.2, 0) is 9.59 Å². The van der Waals surface area contributed by atoms with Gasteiger partial charge >= 0.3 is 0 Å². The standard InChI is InChI=1S/C15H25N3O2/c1-6-18(10-9-16-13(2)3)12-14(4)17(5)15(20)8-7-11-19/h6-8,11,14,16H,1-2,9-10,12H2,3-5H3/b8-7-. The van der Waals surface area contributed by atoms with Crippen molar-refractivity contribution in [2.45, 2.75) is 19.9 Å². The molecule has 5 nitrogen and oxygen atoms in total. The van der Waals surface area contributed by atoms with E-state index in [1.165, 1.54) is 12.2 Å². The van der Waals surface area contributed by atoms with Crippen LogP contribution in [0.1, 0.15) is 13.8 Å². The van der Waals surface area contributed by atoms with Crippen molar-refractivity contribution in [1.82, 2.24) is 15.1 Å². The lowest BCUT2D eigenvalue weighted by atomic mass is 10.2. The predicted octanol–water partition coefficient (Wildman–Crippen LogP) is 1.16. The number of allylic oxidation sites excluding steroid dienone is 2. The van der Waals surface area contributed by atoms with E-state index >= 15 is 0 Å². The Kier molecular flexibility index (Phi) is 8.83. The van der Waals surface area contributed by atoms with Crippen LogP contribution in [0.5, 0.6) is 0 Å². The molecule has 1 atom stereocenters. The molecule has 0 saturated heterocycles. The number of amides is 1. The third-order valence-electron chi connectivity index (χ3n) is 2.91. The fraction of sp³-hybridized carbons (Fsp3) is 0.467. The number of nitrogens with zero attached hydrogens (tertiary/aromatic N) is 2. The molecule has 0 bridgehead atoms. The quantitative estimate of drug-likeness (QED) is 0.481. The Morgan fingerprint density at radius 1 is 1.45 bits per heavy atom. The number of aldehydes is 1. The first kappa shape index (κ1) is 18.0. The smallest absolute Gasteiger partial charge is 0.246 e. The number of carbonyl (C=O) groups is 2. The minimum Gasteiger partial charge on any atom is -0.387 e. The monoisotopic (exact) mass is 279 g/mol. The molecule has 112 valence electrons. The van der Waals surface area contributed by atoms with Crippen molar-refractivity contribution in [3.8, 4) is 0 Å². The van der Waals surface area contributed by atoms with Crippen molar-refractivity contribution < 1.29 is 9.59 Å². The molecule has 20 heavy (non-hydrogen) atoms. The third kappa shape index (κ3) is 7.41. The van der Waals surface area contributed by atoms with E-state index in [1.54, 1.807) is 18.1 Å². The van der Waals surface area contributed by atoms with Crippen molar-refractivity contribution in [1.29, 1.82) is 0 Å². The first-order valence-electron chi connectivity index (χ1n) is 6.57. The summed E-state index contributed by atoms with van der Waals surface area (Å²) in [5, 5.41) is 3.15. The summed E-state index contributed by atoms with van der Waals surface area (Å²) in [5.74, 6) is -0.186. The average molecular weight is 279 g/mol. The molecule has 0 aromatic heterocycles. The van der Waals surface area contributed by atoms with E-state index in [4.69, 9.17) is 0 Å². The number of hydrogen-bond donors (Lipinski definition) is 1. The van der Waals surface area contributed by atoms with Gasteiger partial charge in [-0.25, -0.2) is 0 Å². The van der Waals surface area contributed by atoms with E-state index in [0.29, 0.717) is 12.8 Å². The van der Waals surface area contributed by atoms with Gasteiger partial charge in [0.2, 0.25) is 5.91 Å². The summed E-state index contributed by atoms with van der Waals surface area (Å²) in [5.41, 5.74) is 0.924. The van der Waals surface area contributed by atoms with Crippen LogP contribution in [0.4, 0.5) is 0 Å². The van der Waals surface area contributed by atoms with E-state index < -0.39 is 0 Å². The van der Waals surface area contributed by atoms with Crippen molar-refractivity contribution in [2.75, 3.05) is 26.7 Å². The van der Waals surface area contributed by atoms with E-state index in [2.05, 4.69) is 18.5 Å². The second-order valence-corrected chi connectivity index (χ2v) is 4.68. The van der Waals surface area contributed by atoms with Gasteiger partial charge < -0.3 is 15.1 Å². The molecule has 0 fully saturated rings. The zero-order valence-electron chi connectivity index (χ0n) is 12.6. The minimum atomic E-state index is -0.186.